The van der Waals surface area contributed by atoms with E-state index in [1.54, 1.807) is 12.1 Å². The molecule has 0 saturated heterocycles. The van der Waals surface area contributed by atoms with Gasteiger partial charge >= 0.3 is 5.97 Å². The van der Waals surface area contributed by atoms with Gasteiger partial charge < -0.3 is 4.74 Å². The number of esters is 1. The standard InChI is InChI=1S/C14H12O2.C2H4/c1-16-14(15)13-9-7-12(8-10-13)11-5-3-2-4-6-11;1-2/h2-10H,1H3;1-2H2. The lowest BCUT2D eigenvalue weighted by atomic mass is 10.0. The third-order valence-electron chi connectivity index (χ3n) is 2.41. The molecule has 0 aromatic heterocycles. The first-order chi connectivity index (χ1) is 8.81. The fourth-order valence-electron chi connectivity index (χ4n) is 1.55. The molecule has 0 unspecified atom stereocenters. The Kier molecular flexibility index (Phi) is 5.39. The molecule has 0 saturated carbocycles. The van der Waals surface area contributed by atoms with E-state index in [9.17, 15) is 4.79 Å². The summed E-state index contributed by atoms with van der Waals surface area (Å²) < 4.78 is 4.64. The van der Waals surface area contributed by atoms with Gasteiger partial charge in [0.1, 0.15) is 0 Å². The number of carbonyl (C=O) groups is 1. The van der Waals surface area contributed by atoms with Crippen molar-refractivity contribution in [2.75, 3.05) is 7.11 Å². The summed E-state index contributed by atoms with van der Waals surface area (Å²) in [7, 11) is 1.38. The van der Waals surface area contributed by atoms with Crippen molar-refractivity contribution in [2.24, 2.45) is 0 Å². The molecule has 0 aliphatic carbocycles. The first kappa shape index (κ1) is 13.7. The third-order valence-corrected chi connectivity index (χ3v) is 2.41. The largest absolute Gasteiger partial charge is 0.465 e. The van der Waals surface area contributed by atoms with Crippen LogP contribution >= 0.6 is 0 Å². The Bertz CT molecular complexity index is 486. The van der Waals surface area contributed by atoms with Crippen molar-refractivity contribution in [3.05, 3.63) is 73.3 Å². The molecule has 2 heteroatoms. The first-order valence-electron chi connectivity index (χ1n) is 5.55. The van der Waals surface area contributed by atoms with Crippen LogP contribution in [0.3, 0.4) is 0 Å². The maximum atomic E-state index is 11.2. The molecule has 2 aromatic carbocycles. The Morgan fingerprint density at radius 2 is 1.39 bits per heavy atom. The highest BCUT2D eigenvalue weighted by Crippen LogP contribution is 2.19. The molecule has 0 bridgehead atoms. The summed E-state index contributed by atoms with van der Waals surface area (Å²) in [6, 6.07) is 17.4. The van der Waals surface area contributed by atoms with E-state index in [-0.39, 0.29) is 5.97 Å². The van der Waals surface area contributed by atoms with Gasteiger partial charge in [-0.05, 0) is 23.3 Å². The minimum atomic E-state index is -0.306. The number of ether oxygens (including phenoxy) is 1. The number of benzene rings is 2. The summed E-state index contributed by atoms with van der Waals surface area (Å²) in [4.78, 5) is 11.2. The number of methoxy groups -OCH3 is 1. The fraction of sp³-hybridized carbons (Fsp3) is 0.0625. The lowest BCUT2D eigenvalue weighted by molar-refractivity contribution is 0.0601. The second kappa shape index (κ2) is 7.07. The monoisotopic (exact) mass is 240 g/mol. The number of rotatable bonds is 2. The molecule has 0 fully saturated rings. The van der Waals surface area contributed by atoms with Gasteiger partial charge in [0.15, 0.2) is 0 Å². The van der Waals surface area contributed by atoms with Crippen molar-refractivity contribution in [3.8, 4) is 11.1 Å². The van der Waals surface area contributed by atoms with Crippen LogP contribution in [0.4, 0.5) is 0 Å². The van der Waals surface area contributed by atoms with Crippen molar-refractivity contribution in [1.82, 2.24) is 0 Å². The molecular formula is C16H16O2. The van der Waals surface area contributed by atoms with E-state index in [4.69, 9.17) is 0 Å². The van der Waals surface area contributed by atoms with Gasteiger partial charge in [-0.2, -0.15) is 0 Å². The summed E-state index contributed by atoms with van der Waals surface area (Å²) in [5.74, 6) is -0.306. The second-order valence-corrected chi connectivity index (χ2v) is 3.43. The molecule has 0 atom stereocenters. The smallest absolute Gasteiger partial charge is 0.337 e. The van der Waals surface area contributed by atoms with E-state index >= 15 is 0 Å². The third kappa shape index (κ3) is 3.32. The predicted octanol–water partition coefficient (Wildman–Crippen LogP) is 3.94. The molecule has 92 valence electrons. The van der Waals surface area contributed by atoms with Gasteiger partial charge in [-0.25, -0.2) is 4.79 Å². The van der Waals surface area contributed by atoms with E-state index in [1.165, 1.54) is 7.11 Å². The summed E-state index contributed by atoms with van der Waals surface area (Å²) >= 11 is 0. The lowest BCUT2D eigenvalue weighted by Gasteiger charge is -2.02. The maximum Gasteiger partial charge on any atom is 0.337 e. The van der Waals surface area contributed by atoms with Crippen molar-refractivity contribution < 1.29 is 9.53 Å². The van der Waals surface area contributed by atoms with Gasteiger partial charge in [-0.3, -0.25) is 0 Å². The van der Waals surface area contributed by atoms with Crippen molar-refractivity contribution in [2.45, 2.75) is 0 Å². The molecule has 2 nitrogen and oxygen atoms in total. The minimum Gasteiger partial charge on any atom is -0.465 e. The zero-order chi connectivity index (χ0) is 13.4. The molecule has 0 amide bonds. The molecule has 0 spiro atoms. The molecule has 0 aliphatic heterocycles. The Morgan fingerprint density at radius 3 is 1.89 bits per heavy atom. The molecule has 0 aliphatic rings. The zero-order valence-corrected chi connectivity index (χ0v) is 10.4. The van der Waals surface area contributed by atoms with Crippen molar-refractivity contribution >= 4 is 5.97 Å². The maximum absolute atomic E-state index is 11.2. The van der Waals surface area contributed by atoms with Crippen LogP contribution in [0, 0.1) is 0 Å². The van der Waals surface area contributed by atoms with Gasteiger partial charge in [-0.1, -0.05) is 42.5 Å². The first-order valence-corrected chi connectivity index (χ1v) is 5.55. The van der Waals surface area contributed by atoms with Gasteiger partial charge in [0, 0.05) is 0 Å². The normalized spacial score (nSPS) is 8.94. The highest BCUT2D eigenvalue weighted by Gasteiger charge is 2.04. The van der Waals surface area contributed by atoms with Crippen molar-refractivity contribution in [1.29, 1.82) is 0 Å². The van der Waals surface area contributed by atoms with Crippen LogP contribution in [0.25, 0.3) is 11.1 Å². The molecule has 2 aromatic rings. The number of carbonyl (C=O) groups excluding carboxylic acids is 1. The second-order valence-electron chi connectivity index (χ2n) is 3.43. The van der Waals surface area contributed by atoms with Crippen LogP contribution in [-0.4, -0.2) is 13.1 Å². The van der Waals surface area contributed by atoms with E-state index in [2.05, 4.69) is 17.9 Å². The quantitative estimate of drug-likeness (QED) is 0.587. The Balaban J connectivity index is 0.000000771. The van der Waals surface area contributed by atoms with Gasteiger partial charge in [0.25, 0.3) is 0 Å². The Hall–Kier alpha value is -2.35. The van der Waals surface area contributed by atoms with E-state index in [0.717, 1.165) is 11.1 Å². The van der Waals surface area contributed by atoms with Crippen LogP contribution in [0.2, 0.25) is 0 Å². The fourth-order valence-corrected chi connectivity index (χ4v) is 1.55. The number of hydrogen-bond acceptors (Lipinski definition) is 2. The molecular weight excluding hydrogens is 224 g/mol. The van der Waals surface area contributed by atoms with Crippen molar-refractivity contribution in [3.63, 3.8) is 0 Å². The number of hydrogen-bond donors (Lipinski definition) is 0. The average molecular weight is 240 g/mol. The van der Waals surface area contributed by atoms with E-state index < -0.39 is 0 Å². The van der Waals surface area contributed by atoms with Crippen LogP contribution in [0.15, 0.2) is 67.8 Å². The Morgan fingerprint density at radius 1 is 0.889 bits per heavy atom. The lowest BCUT2D eigenvalue weighted by Crippen LogP contribution is -2.00. The van der Waals surface area contributed by atoms with E-state index in [1.807, 2.05) is 42.5 Å². The SMILES string of the molecule is C=C.COC(=O)c1ccc(-c2ccccc2)cc1. The summed E-state index contributed by atoms with van der Waals surface area (Å²) in [5.41, 5.74) is 2.80. The summed E-state index contributed by atoms with van der Waals surface area (Å²) in [5, 5.41) is 0. The van der Waals surface area contributed by atoms with Crippen LogP contribution in [-0.2, 0) is 4.74 Å². The van der Waals surface area contributed by atoms with Crippen LogP contribution < -0.4 is 0 Å². The van der Waals surface area contributed by atoms with Gasteiger partial charge in [0.05, 0.1) is 12.7 Å². The molecule has 0 radical (unpaired) electrons. The molecule has 18 heavy (non-hydrogen) atoms. The topological polar surface area (TPSA) is 26.3 Å². The predicted molar refractivity (Wildman–Crippen MR) is 74.5 cm³/mol. The molecule has 2 rings (SSSR count). The highest BCUT2D eigenvalue weighted by molar-refractivity contribution is 5.89. The zero-order valence-electron chi connectivity index (χ0n) is 10.4. The summed E-state index contributed by atoms with van der Waals surface area (Å²) in [6.07, 6.45) is 0. The van der Waals surface area contributed by atoms with E-state index in [0.29, 0.717) is 5.56 Å². The van der Waals surface area contributed by atoms with Crippen LogP contribution in [0.5, 0.6) is 0 Å². The van der Waals surface area contributed by atoms with Gasteiger partial charge in [-0.15, -0.1) is 13.2 Å². The minimum absolute atomic E-state index is 0.306. The highest BCUT2D eigenvalue weighted by atomic mass is 16.5. The Labute approximate surface area is 108 Å². The average Bonchev–Trinajstić information content (AvgIpc) is 2.49. The summed E-state index contributed by atoms with van der Waals surface area (Å²) in [6.45, 7) is 6.00. The van der Waals surface area contributed by atoms with Crippen LogP contribution in [0.1, 0.15) is 10.4 Å². The molecule has 0 N–H and O–H groups in total. The molecule has 0 heterocycles. The van der Waals surface area contributed by atoms with Gasteiger partial charge in [0.2, 0.25) is 0 Å².